The minimum Gasteiger partial charge on any atom is -0.377 e. The van der Waals surface area contributed by atoms with Crippen molar-refractivity contribution in [2.24, 2.45) is 0 Å². The van der Waals surface area contributed by atoms with Gasteiger partial charge in [0.05, 0.1) is 16.7 Å². The minimum absolute atomic E-state index is 0.183. The van der Waals surface area contributed by atoms with Gasteiger partial charge in [-0.25, -0.2) is 4.98 Å². The lowest BCUT2D eigenvalue weighted by Gasteiger charge is -2.14. The number of rotatable bonds is 3. The van der Waals surface area contributed by atoms with Crippen LogP contribution in [-0.2, 0) is 0 Å². The zero-order chi connectivity index (χ0) is 13.1. The highest BCUT2D eigenvalue weighted by atomic mass is 32.1. The number of thiazole rings is 1. The molecule has 1 N–H and O–H groups in total. The van der Waals surface area contributed by atoms with Crippen molar-refractivity contribution >= 4 is 17.0 Å². The first-order chi connectivity index (χ1) is 8.60. The molecule has 2 aromatic rings. The average molecular weight is 256 g/mol. The summed E-state index contributed by atoms with van der Waals surface area (Å²) in [6.07, 6.45) is 5.40. The smallest absolute Gasteiger partial charge is 0.0901 e. The number of benzene rings is 1. The largest absolute Gasteiger partial charge is 0.377 e. The number of aromatic nitrogens is 1. The van der Waals surface area contributed by atoms with Crippen molar-refractivity contribution in [1.29, 1.82) is 0 Å². The molecule has 18 heavy (non-hydrogen) atoms. The Morgan fingerprint density at radius 1 is 1.39 bits per heavy atom. The molecule has 1 unspecified atom stereocenters. The Bertz CT molecular complexity index is 593. The van der Waals surface area contributed by atoms with Crippen LogP contribution in [0.2, 0.25) is 0 Å². The van der Waals surface area contributed by atoms with E-state index in [0.29, 0.717) is 0 Å². The molecule has 0 aliphatic carbocycles. The van der Waals surface area contributed by atoms with Crippen LogP contribution in [0.25, 0.3) is 0 Å². The summed E-state index contributed by atoms with van der Waals surface area (Å²) in [4.78, 5) is 5.83. The molecule has 3 heteroatoms. The van der Waals surface area contributed by atoms with E-state index in [1.165, 1.54) is 4.88 Å². The van der Waals surface area contributed by atoms with Crippen LogP contribution < -0.4 is 5.32 Å². The molecule has 0 aliphatic rings. The van der Waals surface area contributed by atoms with E-state index in [9.17, 15) is 0 Å². The molecule has 0 aliphatic heterocycles. The van der Waals surface area contributed by atoms with Crippen LogP contribution in [0, 0.1) is 26.2 Å². The quantitative estimate of drug-likeness (QED) is 0.842. The van der Waals surface area contributed by atoms with E-state index in [1.807, 2.05) is 31.2 Å². The van der Waals surface area contributed by atoms with Gasteiger partial charge in [-0.1, -0.05) is 12.0 Å². The summed E-state index contributed by atoms with van der Waals surface area (Å²) in [5.74, 6) is 2.64. The fourth-order valence-corrected chi connectivity index (χ4v) is 2.88. The van der Waals surface area contributed by atoms with E-state index in [0.717, 1.165) is 22.0 Å². The normalized spacial score (nSPS) is 11.9. The number of hydrogen-bond acceptors (Lipinski definition) is 3. The first-order valence-electron chi connectivity index (χ1n) is 5.87. The first kappa shape index (κ1) is 12.7. The second-order valence-electron chi connectivity index (χ2n) is 4.27. The van der Waals surface area contributed by atoms with Gasteiger partial charge < -0.3 is 5.32 Å². The second-order valence-corrected chi connectivity index (χ2v) is 5.67. The van der Waals surface area contributed by atoms with Crippen molar-refractivity contribution in [3.05, 3.63) is 45.4 Å². The van der Waals surface area contributed by atoms with Crippen LogP contribution in [0.1, 0.15) is 34.1 Å². The highest BCUT2D eigenvalue weighted by Crippen LogP contribution is 2.25. The van der Waals surface area contributed by atoms with Gasteiger partial charge in [-0.3, -0.25) is 0 Å². The highest BCUT2D eigenvalue weighted by Gasteiger charge is 2.12. The summed E-state index contributed by atoms with van der Waals surface area (Å²) < 4.78 is 0. The number of terminal acetylenes is 1. The fraction of sp³-hybridized carbons (Fsp3) is 0.267. The molecule has 0 radical (unpaired) electrons. The van der Waals surface area contributed by atoms with Crippen molar-refractivity contribution in [2.45, 2.75) is 26.8 Å². The Hall–Kier alpha value is -1.79. The van der Waals surface area contributed by atoms with E-state index in [4.69, 9.17) is 6.42 Å². The number of nitrogens with zero attached hydrogens (tertiary/aromatic N) is 1. The van der Waals surface area contributed by atoms with E-state index in [2.05, 4.69) is 30.1 Å². The Morgan fingerprint density at radius 3 is 2.78 bits per heavy atom. The standard InChI is InChI=1S/C15H16N2S/c1-5-13-7-6-8-14(9-13)16-10(2)15-11(3)18-12(4)17-15/h1,6-10,16H,2-4H3. The van der Waals surface area contributed by atoms with Gasteiger partial charge in [-0.2, -0.15) is 0 Å². The molecule has 0 saturated carbocycles. The monoisotopic (exact) mass is 256 g/mol. The number of anilines is 1. The third-order valence-corrected chi connectivity index (χ3v) is 3.66. The molecule has 1 aromatic carbocycles. The zero-order valence-electron chi connectivity index (χ0n) is 10.8. The van der Waals surface area contributed by atoms with Crippen LogP contribution in [0.3, 0.4) is 0 Å². The molecule has 2 rings (SSSR count). The average Bonchev–Trinajstić information content (AvgIpc) is 2.69. The lowest BCUT2D eigenvalue weighted by molar-refractivity contribution is 0.837. The van der Waals surface area contributed by atoms with Crippen molar-refractivity contribution in [1.82, 2.24) is 4.98 Å². The summed E-state index contributed by atoms with van der Waals surface area (Å²) in [5.41, 5.74) is 3.03. The van der Waals surface area contributed by atoms with Gasteiger partial charge in [-0.05, 0) is 39.0 Å². The van der Waals surface area contributed by atoms with E-state index in [-0.39, 0.29) is 6.04 Å². The van der Waals surface area contributed by atoms with Gasteiger partial charge in [0, 0.05) is 16.1 Å². The van der Waals surface area contributed by atoms with E-state index < -0.39 is 0 Å². The summed E-state index contributed by atoms with van der Waals surface area (Å²) in [7, 11) is 0. The molecule has 92 valence electrons. The molecule has 1 atom stereocenters. The first-order valence-corrected chi connectivity index (χ1v) is 6.69. The highest BCUT2D eigenvalue weighted by molar-refractivity contribution is 7.11. The second kappa shape index (κ2) is 5.24. The van der Waals surface area contributed by atoms with Crippen molar-refractivity contribution in [3.63, 3.8) is 0 Å². The molecular weight excluding hydrogens is 240 g/mol. The van der Waals surface area contributed by atoms with Crippen LogP contribution in [-0.4, -0.2) is 4.98 Å². The van der Waals surface area contributed by atoms with Crippen molar-refractivity contribution in [2.75, 3.05) is 5.32 Å². The minimum atomic E-state index is 0.183. The zero-order valence-corrected chi connectivity index (χ0v) is 11.6. The van der Waals surface area contributed by atoms with Gasteiger partial charge >= 0.3 is 0 Å². The van der Waals surface area contributed by atoms with Crippen molar-refractivity contribution < 1.29 is 0 Å². The van der Waals surface area contributed by atoms with Crippen LogP contribution in [0.4, 0.5) is 5.69 Å². The molecule has 1 heterocycles. The number of aryl methyl sites for hydroxylation is 2. The number of hydrogen-bond donors (Lipinski definition) is 1. The molecule has 0 bridgehead atoms. The maximum absolute atomic E-state index is 5.40. The summed E-state index contributed by atoms with van der Waals surface area (Å²) >= 11 is 1.73. The maximum Gasteiger partial charge on any atom is 0.0901 e. The van der Waals surface area contributed by atoms with Crippen LogP contribution in [0.15, 0.2) is 24.3 Å². The summed E-state index contributed by atoms with van der Waals surface area (Å²) in [6, 6.07) is 8.07. The Kier molecular flexibility index (Phi) is 3.69. The summed E-state index contributed by atoms with van der Waals surface area (Å²) in [5, 5.41) is 4.54. The third kappa shape index (κ3) is 2.72. The van der Waals surface area contributed by atoms with E-state index >= 15 is 0 Å². The lowest BCUT2D eigenvalue weighted by Crippen LogP contribution is -2.08. The predicted molar refractivity (Wildman–Crippen MR) is 78.0 cm³/mol. The Morgan fingerprint density at radius 2 is 2.17 bits per heavy atom. The Balaban J connectivity index is 2.18. The molecule has 2 nitrogen and oxygen atoms in total. The van der Waals surface area contributed by atoms with Gasteiger partial charge in [0.2, 0.25) is 0 Å². The Labute approximate surface area is 112 Å². The third-order valence-electron chi connectivity index (χ3n) is 2.76. The SMILES string of the molecule is C#Cc1cccc(NC(C)c2nc(C)sc2C)c1. The molecule has 0 saturated heterocycles. The molecular formula is C15H16N2S. The van der Waals surface area contributed by atoms with Gasteiger partial charge in [-0.15, -0.1) is 17.8 Å². The molecule has 1 aromatic heterocycles. The van der Waals surface area contributed by atoms with Gasteiger partial charge in [0.25, 0.3) is 0 Å². The number of nitrogens with one attached hydrogen (secondary N) is 1. The molecule has 0 amide bonds. The molecule has 0 spiro atoms. The van der Waals surface area contributed by atoms with E-state index in [1.54, 1.807) is 11.3 Å². The van der Waals surface area contributed by atoms with Crippen molar-refractivity contribution in [3.8, 4) is 12.3 Å². The van der Waals surface area contributed by atoms with Crippen LogP contribution in [0.5, 0.6) is 0 Å². The lowest BCUT2D eigenvalue weighted by atomic mass is 10.1. The summed E-state index contributed by atoms with van der Waals surface area (Å²) in [6.45, 7) is 6.26. The topological polar surface area (TPSA) is 24.9 Å². The maximum atomic E-state index is 5.40. The van der Waals surface area contributed by atoms with Gasteiger partial charge in [0.1, 0.15) is 0 Å². The fourth-order valence-electron chi connectivity index (χ4n) is 1.96. The van der Waals surface area contributed by atoms with Gasteiger partial charge in [0.15, 0.2) is 0 Å². The van der Waals surface area contributed by atoms with Crippen LogP contribution >= 0.6 is 11.3 Å². The molecule has 0 fully saturated rings. The predicted octanol–water partition coefficient (Wildman–Crippen LogP) is 3.91.